The van der Waals surface area contributed by atoms with Gasteiger partial charge in [0.25, 0.3) is 0 Å². The van der Waals surface area contributed by atoms with E-state index in [1.54, 1.807) is 0 Å². The van der Waals surface area contributed by atoms with Crippen molar-refractivity contribution in [1.82, 2.24) is 4.72 Å². The van der Waals surface area contributed by atoms with Crippen LogP contribution in [-0.4, -0.2) is 42.5 Å². The highest BCUT2D eigenvalue weighted by atomic mass is 32.2. The number of sulfonamides is 1. The van der Waals surface area contributed by atoms with E-state index in [1.165, 1.54) is 0 Å². The van der Waals surface area contributed by atoms with Crippen molar-refractivity contribution in [2.75, 3.05) is 6.61 Å². The molecule has 88 valence electrons. The lowest BCUT2D eigenvalue weighted by molar-refractivity contribution is -0.139. The molecule has 0 unspecified atom stereocenters. The average molecular weight is 237 g/mol. The van der Waals surface area contributed by atoms with Crippen molar-refractivity contribution in [2.45, 2.75) is 37.0 Å². The Morgan fingerprint density at radius 2 is 1.93 bits per heavy atom. The maximum atomic E-state index is 11.6. The van der Waals surface area contributed by atoms with Crippen molar-refractivity contribution < 1.29 is 23.4 Å². The van der Waals surface area contributed by atoms with Crippen LogP contribution >= 0.6 is 0 Å². The van der Waals surface area contributed by atoms with Crippen molar-refractivity contribution in [2.24, 2.45) is 0 Å². The van der Waals surface area contributed by atoms with Gasteiger partial charge in [-0.05, 0) is 12.8 Å². The van der Waals surface area contributed by atoms with Gasteiger partial charge >= 0.3 is 5.97 Å². The van der Waals surface area contributed by atoms with Crippen molar-refractivity contribution in [3.8, 4) is 0 Å². The number of carbonyl (C=O) groups is 1. The van der Waals surface area contributed by atoms with Gasteiger partial charge in [-0.25, -0.2) is 8.42 Å². The van der Waals surface area contributed by atoms with Gasteiger partial charge in [-0.2, -0.15) is 4.72 Å². The Labute approximate surface area is 88.3 Å². The van der Waals surface area contributed by atoms with Gasteiger partial charge in [-0.15, -0.1) is 0 Å². The molecular formula is C8H15NO5S. The first kappa shape index (κ1) is 12.4. The SMILES string of the molecule is O=C(O)[C@H](CO)NS(=O)(=O)C1CCCC1. The van der Waals surface area contributed by atoms with Crippen molar-refractivity contribution >= 4 is 16.0 Å². The van der Waals surface area contributed by atoms with Crippen LogP contribution in [0.25, 0.3) is 0 Å². The number of aliphatic hydroxyl groups is 1. The number of carboxylic acid groups (broad SMARTS) is 1. The van der Waals surface area contributed by atoms with Gasteiger partial charge in [-0.3, -0.25) is 4.79 Å². The molecule has 0 aromatic rings. The smallest absolute Gasteiger partial charge is 0.324 e. The van der Waals surface area contributed by atoms with Crippen molar-refractivity contribution in [3.63, 3.8) is 0 Å². The Hall–Kier alpha value is -0.660. The average Bonchev–Trinajstić information content (AvgIpc) is 2.67. The first-order valence-corrected chi connectivity index (χ1v) is 6.37. The summed E-state index contributed by atoms with van der Waals surface area (Å²) < 4.78 is 25.2. The molecule has 3 N–H and O–H groups in total. The number of nitrogens with one attached hydrogen (secondary N) is 1. The second kappa shape index (κ2) is 4.91. The summed E-state index contributed by atoms with van der Waals surface area (Å²) in [5.74, 6) is -1.36. The number of hydrogen-bond donors (Lipinski definition) is 3. The Kier molecular flexibility index (Phi) is 4.06. The molecule has 15 heavy (non-hydrogen) atoms. The van der Waals surface area contributed by atoms with Crippen LogP contribution in [0.2, 0.25) is 0 Å². The third-order valence-electron chi connectivity index (χ3n) is 2.53. The summed E-state index contributed by atoms with van der Waals surface area (Å²) in [5, 5.41) is 16.8. The molecule has 1 rings (SSSR count). The van der Waals surface area contributed by atoms with Crippen LogP contribution in [0.1, 0.15) is 25.7 Å². The van der Waals surface area contributed by atoms with E-state index in [9.17, 15) is 13.2 Å². The molecule has 1 saturated carbocycles. The van der Waals surface area contributed by atoms with Crippen LogP contribution in [0.3, 0.4) is 0 Å². The van der Waals surface area contributed by atoms with E-state index in [0.29, 0.717) is 12.8 Å². The number of aliphatic carboxylic acids is 1. The molecule has 1 aliphatic carbocycles. The zero-order chi connectivity index (χ0) is 11.5. The fourth-order valence-electron chi connectivity index (χ4n) is 1.66. The second-order valence-electron chi connectivity index (χ2n) is 3.64. The molecule has 0 aromatic heterocycles. The minimum Gasteiger partial charge on any atom is -0.480 e. The quantitative estimate of drug-likeness (QED) is 0.586. The molecule has 7 heteroatoms. The van der Waals surface area contributed by atoms with Gasteiger partial charge in [-0.1, -0.05) is 12.8 Å². The van der Waals surface area contributed by atoms with E-state index in [0.717, 1.165) is 12.8 Å². The Morgan fingerprint density at radius 3 is 2.33 bits per heavy atom. The molecular weight excluding hydrogens is 222 g/mol. The highest BCUT2D eigenvalue weighted by molar-refractivity contribution is 7.90. The summed E-state index contributed by atoms with van der Waals surface area (Å²) in [6, 6.07) is -1.43. The maximum absolute atomic E-state index is 11.6. The topological polar surface area (TPSA) is 104 Å². The van der Waals surface area contributed by atoms with E-state index in [-0.39, 0.29) is 0 Å². The number of hydrogen-bond acceptors (Lipinski definition) is 4. The van der Waals surface area contributed by atoms with E-state index in [4.69, 9.17) is 10.2 Å². The predicted molar refractivity (Wildman–Crippen MR) is 52.8 cm³/mol. The molecule has 1 aliphatic rings. The van der Waals surface area contributed by atoms with E-state index in [1.807, 2.05) is 4.72 Å². The summed E-state index contributed by atoms with van der Waals surface area (Å²) in [5.41, 5.74) is 0. The minimum absolute atomic E-state index is 0.508. The largest absolute Gasteiger partial charge is 0.480 e. The summed E-state index contributed by atoms with van der Waals surface area (Å²) in [4.78, 5) is 10.5. The molecule has 0 saturated heterocycles. The van der Waals surface area contributed by atoms with Crippen molar-refractivity contribution in [1.29, 1.82) is 0 Å². The molecule has 1 fully saturated rings. The van der Waals surface area contributed by atoms with Crippen LogP contribution in [0.4, 0.5) is 0 Å². The number of rotatable bonds is 5. The molecule has 0 bridgehead atoms. The Morgan fingerprint density at radius 1 is 1.40 bits per heavy atom. The lowest BCUT2D eigenvalue weighted by atomic mass is 10.3. The monoisotopic (exact) mass is 237 g/mol. The van der Waals surface area contributed by atoms with Crippen LogP contribution in [0.5, 0.6) is 0 Å². The minimum atomic E-state index is -3.61. The summed E-state index contributed by atoms with van der Waals surface area (Å²) >= 11 is 0. The van der Waals surface area contributed by atoms with Gasteiger partial charge in [0, 0.05) is 0 Å². The third-order valence-corrected chi connectivity index (χ3v) is 4.49. The van der Waals surface area contributed by atoms with E-state index < -0.39 is 33.9 Å². The van der Waals surface area contributed by atoms with Gasteiger partial charge in [0.05, 0.1) is 11.9 Å². The van der Waals surface area contributed by atoms with Crippen LogP contribution < -0.4 is 4.72 Å². The van der Waals surface area contributed by atoms with E-state index >= 15 is 0 Å². The first-order chi connectivity index (χ1) is 6.97. The highest BCUT2D eigenvalue weighted by Crippen LogP contribution is 2.24. The fourth-order valence-corrected chi connectivity index (χ4v) is 3.38. The zero-order valence-corrected chi connectivity index (χ0v) is 9.03. The molecule has 0 spiro atoms. The first-order valence-electron chi connectivity index (χ1n) is 4.82. The standard InChI is InChI=1S/C8H15NO5S/c10-5-7(8(11)12)9-15(13,14)6-3-1-2-4-6/h6-7,9-10H,1-5H2,(H,11,12)/t7-/m0/s1. The molecule has 6 nitrogen and oxygen atoms in total. The van der Waals surface area contributed by atoms with Crippen molar-refractivity contribution in [3.05, 3.63) is 0 Å². The normalized spacial score (nSPS) is 20.3. The number of carboxylic acids is 1. The third kappa shape index (κ3) is 3.15. The summed E-state index contributed by atoms with van der Waals surface area (Å²) in [6.45, 7) is -0.735. The fraction of sp³-hybridized carbons (Fsp3) is 0.875. The maximum Gasteiger partial charge on any atom is 0.324 e. The van der Waals surface area contributed by atoms with Crippen LogP contribution in [0.15, 0.2) is 0 Å². The van der Waals surface area contributed by atoms with E-state index in [2.05, 4.69) is 0 Å². The Bertz CT molecular complexity index is 320. The molecule has 0 aromatic carbocycles. The molecule has 0 heterocycles. The summed E-state index contributed by atoms with van der Waals surface area (Å²) in [7, 11) is -3.61. The van der Waals surface area contributed by atoms with Gasteiger partial charge in [0.2, 0.25) is 10.0 Å². The zero-order valence-electron chi connectivity index (χ0n) is 8.22. The molecule has 0 amide bonds. The second-order valence-corrected chi connectivity index (χ2v) is 5.64. The molecule has 1 atom stereocenters. The predicted octanol–water partition coefficient (Wildman–Crippen LogP) is -0.706. The van der Waals surface area contributed by atoms with Gasteiger partial charge in [0.15, 0.2) is 0 Å². The van der Waals surface area contributed by atoms with Crippen LogP contribution in [-0.2, 0) is 14.8 Å². The number of aliphatic hydroxyl groups excluding tert-OH is 1. The lowest BCUT2D eigenvalue weighted by Gasteiger charge is -2.16. The molecule has 0 aliphatic heterocycles. The van der Waals surface area contributed by atoms with Gasteiger partial charge in [0.1, 0.15) is 6.04 Å². The lowest BCUT2D eigenvalue weighted by Crippen LogP contribution is -2.46. The molecule has 0 radical (unpaired) electrons. The summed E-state index contributed by atoms with van der Waals surface area (Å²) in [6.07, 6.45) is 2.82. The van der Waals surface area contributed by atoms with Crippen LogP contribution in [0, 0.1) is 0 Å². The van der Waals surface area contributed by atoms with Gasteiger partial charge < -0.3 is 10.2 Å². The highest BCUT2D eigenvalue weighted by Gasteiger charge is 2.32. The Balaban J connectivity index is 2.65.